The normalized spacial score (nSPS) is 11.7. The Kier molecular flexibility index (Phi) is 7.84. The number of aromatic nitrogens is 3. The van der Waals surface area contributed by atoms with Crippen molar-refractivity contribution >= 4 is 0 Å². The molecular formula is C35H37N3O3. The molecule has 0 fully saturated rings. The Morgan fingerprint density at radius 3 is 2.17 bits per heavy atom. The first-order valence-corrected chi connectivity index (χ1v) is 14.0. The zero-order chi connectivity index (χ0) is 29.1. The first-order valence-electron chi connectivity index (χ1n) is 14.0. The fraction of sp³-hybridized carbons (Fsp3) is 0.257. The molecule has 0 aliphatic heterocycles. The molecule has 0 aliphatic rings. The fourth-order valence-electron chi connectivity index (χ4n) is 5.01. The highest BCUT2D eigenvalue weighted by molar-refractivity contribution is 5.53. The average Bonchev–Trinajstić information content (AvgIpc) is 3.41. The first-order chi connectivity index (χ1) is 19.6. The van der Waals surface area contributed by atoms with Crippen LogP contribution in [0.5, 0.6) is 29.1 Å². The Hall–Kier alpha value is -4.58. The summed E-state index contributed by atoms with van der Waals surface area (Å²) in [5.74, 6) is 2.29. The highest BCUT2D eigenvalue weighted by Crippen LogP contribution is 2.37. The molecule has 0 bridgehead atoms. The average molecular weight is 548 g/mol. The molecule has 5 aromatic rings. The molecule has 41 heavy (non-hydrogen) atoms. The number of rotatable bonds is 9. The minimum Gasteiger partial charge on any atom is -0.504 e. The Morgan fingerprint density at radius 1 is 0.780 bits per heavy atom. The number of pyridine rings is 1. The zero-order valence-electron chi connectivity index (χ0n) is 24.5. The quantitative estimate of drug-likeness (QED) is 0.199. The van der Waals surface area contributed by atoms with Crippen LogP contribution in [0.4, 0.5) is 0 Å². The smallest absolute Gasteiger partial charge is 0.307 e. The standard InChI is InChI=1S/C35H37N3O3/c1-23(2)27-14-10-15-28(24(3)4)33(27)38-21-20-36-34(38)41-32-19-11-18-31(37-32)35(5,6)25-12-9-13-26(22-25)40-30-17-8-7-16-29(30)39/h7-24,39H,1-6H3. The van der Waals surface area contributed by atoms with Crippen molar-refractivity contribution in [2.24, 2.45) is 0 Å². The SMILES string of the molecule is CC(C)c1cccc(C(C)C)c1-n1ccnc1Oc1cccc(C(C)(C)c2cccc(Oc3ccccc3O)c2)n1. The van der Waals surface area contributed by atoms with Gasteiger partial charge < -0.3 is 14.6 Å². The van der Waals surface area contributed by atoms with Crippen LogP contribution in [0.1, 0.15) is 75.8 Å². The number of benzene rings is 3. The van der Waals surface area contributed by atoms with Crippen molar-refractivity contribution in [3.8, 4) is 34.8 Å². The molecule has 0 aliphatic carbocycles. The van der Waals surface area contributed by atoms with Crippen molar-refractivity contribution < 1.29 is 14.6 Å². The van der Waals surface area contributed by atoms with E-state index in [4.69, 9.17) is 14.5 Å². The third-order valence-corrected chi connectivity index (χ3v) is 7.40. The molecule has 0 spiro atoms. The number of phenols is 1. The maximum atomic E-state index is 10.1. The largest absolute Gasteiger partial charge is 0.504 e. The summed E-state index contributed by atoms with van der Waals surface area (Å²) in [4.78, 5) is 9.48. The fourth-order valence-corrected chi connectivity index (χ4v) is 5.01. The van der Waals surface area contributed by atoms with Crippen molar-refractivity contribution in [2.75, 3.05) is 0 Å². The van der Waals surface area contributed by atoms with Crippen molar-refractivity contribution in [1.29, 1.82) is 0 Å². The van der Waals surface area contributed by atoms with E-state index in [0.717, 1.165) is 16.9 Å². The maximum absolute atomic E-state index is 10.1. The lowest BCUT2D eigenvalue weighted by atomic mass is 9.81. The van der Waals surface area contributed by atoms with E-state index in [1.165, 1.54) is 11.1 Å². The first kappa shape index (κ1) is 28.0. The summed E-state index contributed by atoms with van der Waals surface area (Å²) >= 11 is 0. The van der Waals surface area contributed by atoms with E-state index in [1.807, 2.05) is 53.2 Å². The van der Waals surface area contributed by atoms with Crippen molar-refractivity contribution in [2.45, 2.75) is 58.8 Å². The number of hydrogen-bond acceptors (Lipinski definition) is 5. The summed E-state index contributed by atoms with van der Waals surface area (Å²) in [5, 5.41) is 10.1. The van der Waals surface area contributed by atoms with Gasteiger partial charge in [-0.1, -0.05) is 90.1 Å². The number of hydrogen-bond donors (Lipinski definition) is 1. The molecule has 0 atom stereocenters. The maximum Gasteiger partial charge on any atom is 0.307 e. The Morgan fingerprint density at radius 2 is 1.46 bits per heavy atom. The van der Waals surface area contributed by atoms with E-state index in [9.17, 15) is 5.11 Å². The monoisotopic (exact) mass is 547 g/mol. The Balaban J connectivity index is 1.45. The van der Waals surface area contributed by atoms with Crippen LogP contribution in [0.25, 0.3) is 5.69 Å². The minimum absolute atomic E-state index is 0.0959. The second kappa shape index (κ2) is 11.5. The Labute approximate surface area is 242 Å². The number of aromatic hydroxyl groups is 1. The van der Waals surface area contributed by atoms with Crippen LogP contribution in [0, 0.1) is 0 Å². The second-order valence-corrected chi connectivity index (χ2v) is 11.4. The predicted octanol–water partition coefficient (Wildman–Crippen LogP) is 9.13. The molecule has 0 saturated carbocycles. The molecule has 2 aromatic heterocycles. The van der Waals surface area contributed by atoms with Crippen LogP contribution in [0.3, 0.4) is 0 Å². The van der Waals surface area contributed by atoms with E-state index < -0.39 is 5.41 Å². The van der Waals surface area contributed by atoms with Crippen LogP contribution < -0.4 is 9.47 Å². The number of para-hydroxylation sites is 3. The lowest BCUT2D eigenvalue weighted by molar-refractivity contribution is 0.409. The molecular weight excluding hydrogens is 510 g/mol. The molecule has 6 heteroatoms. The van der Waals surface area contributed by atoms with Crippen LogP contribution in [0.2, 0.25) is 0 Å². The van der Waals surface area contributed by atoms with Crippen molar-refractivity contribution in [1.82, 2.24) is 14.5 Å². The number of imidazole rings is 1. The lowest BCUT2D eigenvalue weighted by Gasteiger charge is -2.26. The van der Waals surface area contributed by atoms with Gasteiger partial charge in [0.05, 0.1) is 11.4 Å². The molecule has 0 amide bonds. The molecule has 5 rings (SSSR count). The third kappa shape index (κ3) is 5.82. The van der Waals surface area contributed by atoms with Gasteiger partial charge in [-0.2, -0.15) is 0 Å². The summed E-state index contributed by atoms with van der Waals surface area (Å²) in [7, 11) is 0. The molecule has 2 heterocycles. The molecule has 6 nitrogen and oxygen atoms in total. The predicted molar refractivity (Wildman–Crippen MR) is 163 cm³/mol. The van der Waals surface area contributed by atoms with E-state index in [-0.39, 0.29) is 5.75 Å². The highest BCUT2D eigenvalue weighted by Gasteiger charge is 2.26. The molecule has 0 unspecified atom stereocenters. The van der Waals surface area contributed by atoms with Crippen LogP contribution >= 0.6 is 0 Å². The summed E-state index contributed by atoms with van der Waals surface area (Å²) in [6.45, 7) is 13.1. The van der Waals surface area contributed by atoms with Crippen LogP contribution in [0.15, 0.2) is 97.3 Å². The van der Waals surface area contributed by atoms with Gasteiger partial charge in [0.2, 0.25) is 5.88 Å². The van der Waals surface area contributed by atoms with Crippen LogP contribution in [-0.4, -0.2) is 19.6 Å². The van der Waals surface area contributed by atoms with Gasteiger partial charge in [0.1, 0.15) is 5.75 Å². The van der Waals surface area contributed by atoms with Gasteiger partial charge in [0, 0.05) is 23.9 Å². The minimum atomic E-state index is -0.456. The van der Waals surface area contributed by atoms with E-state index >= 15 is 0 Å². The third-order valence-electron chi connectivity index (χ3n) is 7.40. The molecule has 0 radical (unpaired) electrons. The Bertz CT molecular complexity index is 1630. The summed E-state index contributed by atoms with van der Waals surface area (Å²) < 4.78 is 14.4. The molecule has 1 N–H and O–H groups in total. The van der Waals surface area contributed by atoms with Gasteiger partial charge in [0.25, 0.3) is 0 Å². The van der Waals surface area contributed by atoms with Crippen molar-refractivity contribution in [3.63, 3.8) is 0 Å². The van der Waals surface area contributed by atoms with Gasteiger partial charge in [-0.15, -0.1) is 0 Å². The highest BCUT2D eigenvalue weighted by atomic mass is 16.5. The van der Waals surface area contributed by atoms with Gasteiger partial charge in [-0.25, -0.2) is 9.97 Å². The van der Waals surface area contributed by atoms with Gasteiger partial charge in [0.15, 0.2) is 11.5 Å². The number of phenolic OH excluding ortho intramolecular Hbond substituents is 1. The molecule has 0 saturated heterocycles. The molecule has 3 aromatic carbocycles. The van der Waals surface area contributed by atoms with Gasteiger partial charge in [-0.3, -0.25) is 4.57 Å². The topological polar surface area (TPSA) is 69.4 Å². The number of ether oxygens (including phenoxy) is 2. The van der Waals surface area contributed by atoms with E-state index in [2.05, 4.69) is 70.8 Å². The van der Waals surface area contributed by atoms with Gasteiger partial charge >= 0.3 is 6.01 Å². The summed E-state index contributed by atoms with van der Waals surface area (Å²) in [6.07, 6.45) is 3.71. The van der Waals surface area contributed by atoms with E-state index in [1.54, 1.807) is 24.4 Å². The van der Waals surface area contributed by atoms with Gasteiger partial charge in [-0.05, 0) is 58.9 Å². The molecule has 210 valence electrons. The second-order valence-electron chi connectivity index (χ2n) is 11.4. The number of nitrogens with zero attached hydrogens (tertiary/aromatic N) is 3. The summed E-state index contributed by atoms with van der Waals surface area (Å²) in [5.41, 5.74) is 5.01. The zero-order valence-corrected chi connectivity index (χ0v) is 24.5. The van der Waals surface area contributed by atoms with Crippen LogP contribution in [-0.2, 0) is 5.41 Å². The summed E-state index contributed by atoms with van der Waals surface area (Å²) in [6, 6.07) is 27.5. The van der Waals surface area contributed by atoms with E-state index in [0.29, 0.717) is 35.2 Å². The van der Waals surface area contributed by atoms with Crippen molar-refractivity contribution in [3.05, 3.63) is 120 Å². The lowest BCUT2D eigenvalue weighted by Crippen LogP contribution is -2.20.